The molecular weight excluding hydrogens is 508 g/mol. The molecule has 2 aliphatic heterocycles. The number of thiophene rings is 1. The third-order valence-electron chi connectivity index (χ3n) is 6.36. The van der Waals surface area contributed by atoms with Crippen LogP contribution in [0.1, 0.15) is 29.0 Å². The number of β-lactam (4-membered cyclic amide) rings is 1. The number of hydrogen-bond acceptors (Lipinski definition) is 7. The highest BCUT2D eigenvalue weighted by molar-refractivity contribution is 8.00. The number of thioether (sulfide) groups is 1. The number of ether oxygens (including phenoxy) is 1. The molecule has 5 rings (SSSR count). The molecule has 7 nitrogen and oxygen atoms in total. The first kappa shape index (κ1) is 25.3. The van der Waals surface area contributed by atoms with Crippen molar-refractivity contribution in [3.8, 4) is 0 Å². The van der Waals surface area contributed by atoms with Crippen molar-refractivity contribution in [2.75, 3.05) is 5.75 Å². The highest BCUT2D eigenvalue weighted by atomic mass is 32.2. The van der Waals surface area contributed by atoms with E-state index >= 15 is 0 Å². The number of rotatable bonds is 8. The van der Waals surface area contributed by atoms with Gasteiger partial charge in [-0.2, -0.15) is 0 Å². The lowest BCUT2D eigenvalue weighted by Gasteiger charge is -2.50. The number of hydrogen-bond donors (Lipinski definition) is 2. The smallest absolute Gasteiger partial charge is 0.356 e. The maximum absolute atomic E-state index is 13.7. The summed E-state index contributed by atoms with van der Waals surface area (Å²) in [6.07, 6.45) is -1.44. The quantitative estimate of drug-likeness (QED) is 0.338. The average molecular weight is 535 g/mol. The monoisotopic (exact) mass is 534 g/mol. The fourth-order valence-electron chi connectivity index (χ4n) is 4.49. The number of carbonyl (C=O) groups excluding carboxylic acids is 3. The molecule has 0 saturated carbocycles. The predicted molar refractivity (Wildman–Crippen MR) is 143 cm³/mol. The lowest BCUT2D eigenvalue weighted by atomic mass is 9.99. The van der Waals surface area contributed by atoms with Crippen molar-refractivity contribution in [3.05, 3.63) is 105 Å². The van der Waals surface area contributed by atoms with Crippen LogP contribution < -0.4 is 5.32 Å². The summed E-state index contributed by atoms with van der Waals surface area (Å²) in [6.45, 7) is 1.57. The van der Waals surface area contributed by atoms with E-state index in [0.29, 0.717) is 11.3 Å². The Morgan fingerprint density at radius 3 is 2.27 bits per heavy atom. The van der Waals surface area contributed by atoms with Crippen molar-refractivity contribution >= 4 is 40.9 Å². The van der Waals surface area contributed by atoms with Gasteiger partial charge in [-0.15, -0.1) is 23.1 Å². The molecule has 2 aromatic carbocycles. The minimum atomic E-state index is -0.942. The number of fused-ring (bicyclic) bond motifs is 1. The SMILES string of the molecule is CC(O)C1=C(C(=O)OC(c2ccccc2)c2ccccc2)N2C(=O)C(NC(=O)Cc3cccs3)[C@@H]2SC1. The first-order chi connectivity index (χ1) is 17.9. The van der Waals surface area contributed by atoms with Gasteiger partial charge < -0.3 is 15.2 Å². The number of benzene rings is 2. The predicted octanol–water partition coefficient (Wildman–Crippen LogP) is 3.66. The molecule has 2 N–H and O–H groups in total. The Labute approximate surface area is 223 Å². The summed E-state index contributed by atoms with van der Waals surface area (Å²) >= 11 is 2.89. The zero-order valence-electron chi connectivity index (χ0n) is 20.1. The van der Waals surface area contributed by atoms with Gasteiger partial charge in [0.05, 0.1) is 12.5 Å². The number of carbonyl (C=O) groups is 3. The first-order valence-corrected chi connectivity index (χ1v) is 13.8. The van der Waals surface area contributed by atoms with Crippen molar-refractivity contribution in [1.29, 1.82) is 0 Å². The van der Waals surface area contributed by atoms with Gasteiger partial charge >= 0.3 is 5.97 Å². The molecule has 9 heteroatoms. The number of nitrogens with one attached hydrogen (secondary N) is 1. The Hall–Kier alpha value is -3.40. The molecule has 1 aromatic heterocycles. The Kier molecular flexibility index (Phi) is 7.45. The van der Waals surface area contributed by atoms with Crippen LogP contribution in [0.2, 0.25) is 0 Å². The molecule has 1 saturated heterocycles. The summed E-state index contributed by atoms with van der Waals surface area (Å²) in [7, 11) is 0. The molecule has 3 aromatic rings. The molecule has 37 heavy (non-hydrogen) atoms. The zero-order valence-corrected chi connectivity index (χ0v) is 21.7. The first-order valence-electron chi connectivity index (χ1n) is 11.9. The molecule has 190 valence electrons. The lowest BCUT2D eigenvalue weighted by molar-refractivity contribution is -0.154. The summed E-state index contributed by atoms with van der Waals surface area (Å²) in [5.74, 6) is -0.980. The Balaban J connectivity index is 1.39. The van der Waals surface area contributed by atoms with Crippen molar-refractivity contribution in [3.63, 3.8) is 0 Å². The van der Waals surface area contributed by atoms with Gasteiger partial charge in [0.1, 0.15) is 17.1 Å². The van der Waals surface area contributed by atoms with Gasteiger partial charge in [0.25, 0.3) is 5.91 Å². The van der Waals surface area contributed by atoms with E-state index in [-0.39, 0.29) is 18.0 Å². The fraction of sp³-hybridized carbons (Fsp3) is 0.250. The number of esters is 1. The summed E-state index contributed by atoms with van der Waals surface area (Å²) < 4.78 is 6.03. The van der Waals surface area contributed by atoms with Crippen LogP contribution in [-0.4, -0.2) is 51.1 Å². The Bertz CT molecular complexity index is 1270. The second kappa shape index (κ2) is 10.9. The van der Waals surface area contributed by atoms with Gasteiger partial charge in [0.15, 0.2) is 6.10 Å². The number of nitrogens with zero attached hydrogens (tertiary/aromatic N) is 1. The third-order valence-corrected chi connectivity index (χ3v) is 8.53. The number of aliphatic hydroxyl groups excluding tert-OH is 1. The van der Waals surface area contributed by atoms with Gasteiger partial charge in [-0.25, -0.2) is 4.79 Å². The van der Waals surface area contributed by atoms with Crippen molar-refractivity contribution in [2.24, 2.45) is 0 Å². The van der Waals surface area contributed by atoms with Crippen molar-refractivity contribution in [2.45, 2.75) is 37.0 Å². The van der Waals surface area contributed by atoms with E-state index in [0.717, 1.165) is 16.0 Å². The summed E-state index contributed by atoms with van der Waals surface area (Å²) in [5, 5.41) is 14.7. The summed E-state index contributed by atoms with van der Waals surface area (Å²) in [5.41, 5.74) is 2.07. The maximum Gasteiger partial charge on any atom is 0.356 e. The molecule has 0 radical (unpaired) electrons. The molecule has 1 fully saturated rings. The molecule has 0 aliphatic carbocycles. The maximum atomic E-state index is 13.7. The van der Waals surface area contributed by atoms with Crippen LogP contribution in [-0.2, 0) is 25.5 Å². The summed E-state index contributed by atoms with van der Waals surface area (Å²) in [4.78, 5) is 41.7. The normalized spacial score (nSPS) is 19.8. The van der Waals surface area contributed by atoms with Gasteiger partial charge in [0, 0.05) is 10.6 Å². The van der Waals surface area contributed by atoms with Crippen molar-refractivity contribution in [1.82, 2.24) is 10.2 Å². The topological polar surface area (TPSA) is 95.9 Å². The van der Waals surface area contributed by atoms with Crippen LogP contribution in [0.15, 0.2) is 89.4 Å². The molecule has 2 aliphatic rings. The van der Waals surface area contributed by atoms with Gasteiger partial charge in [-0.3, -0.25) is 14.5 Å². The van der Waals surface area contributed by atoms with Crippen LogP contribution in [0.25, 0.3) is 0 Å². The van der Waals surface area contributed by atoms with E-state index in [1.54, 1.807) is 6.92 Å². The van der Waals surface area contributed by atoms with E-state index in [1.165, 1.54) is 28.0 Å². The Morgan fingerprint density at radius 2 is 1.70 bits per heavy atom. The highest BCUT2D eigenvalue weighted by Gasteiger charge is 2.55. The highest BCUT2D eigenvalue weighted by Crippen LogP contribution is 2.42. The minimum absolute atomic E-state index is 0.0596. The lowest BCUT2D eigenvalue weighted by Crippen LogP contribution is -2.71. The molecule has 0 spiro atoms. The minimum Gasteiger partial charge on any atom is -0.448 e. The third kappa shape index (κ3) is 5.20. The summed E-state index contributed by atoms with van der Waals surface area (Å²) in [6, 6.07) is 21.8. The van der Waals surface area contributed by atoms with Crippen molar-refractivity contribution < 1.29 is 24.2 Å². The molecule has 0 bridgehead atoms. The van der Waals surface area contributed by atoms with Crippen LogP contribution >= 0.6 is 23.1 Å². The van der Waals surface area contributed by atoms with Crippen LogP contribution in [0.3, 0.4) is 0 Å². The molecule has 2 amide bonds. The molecule has 3 heterocycles. The van der Waals surface area contributed by atoms with Crippen LogP contribution in [0, 0.1) is 0 Å². The van der Waals surface area contributed by atoms with Crippen LogP contribution in [0.4, 0.5) is 0 Å². The second-order valence-corrected chi connectivity index (χ2v) is 11.0. The van der Waals surface area contributed by atoms with Gasteiger partial charge in [-0.05, 0) is 35.1 Å². The van der Waals surface area contributed by atoms with E-state index in [4.69, 9.17) is 4.74 Å². The molecule has 2 unspecified atom stereocenters. The zero-order chi connectivity index (χ0) is 25.9. The largest absolute Gasteiger partial charge is 0.448 e. The van der Waals surface area contributed by atoms with Gasteiger partial charge in [-0.1, -0.05) is 66.7 Å². The van der Waals surface area contributed by atoms with E-state index in [1.807, 2.05) is 78.2 Å². The Morgan fingerprint density at radius 1 is 1.05 bits per heavy atom. The average Bonchev–Trinajstić information content (AvgIpc) is 3.43. The standard InChI is InChI=1S/C28H26N2O5S2/c1-17(31)21-16-37-27-23(29-22(32)15-20-13-8-14-36-20)26(33)30(27)24(21)28(34)35-25(18-9-4-2-5-10-18)19-11-6-3-7-12-19/h2-14,17,23,25,27,31H,15-16H2,1H3,(H,29,32)/t17?,23?,27-/m0/s1. The van der Waals surface area contributed by atoms with E-state index < -0.39 is 35.5 Å². The number of aliphatic hydroxyl groups is 1. The fourth-order valence-corrected chi connectivity index (χ4v) is 6.66. The molecule has 3 atom stereocenters. The second-order valence-electron chi connectivity index (χ2n) is 8.87. The van der Waals surface area contributed by atoms with E-state index in [2.05, 4.69) is 5.32 Å². The molecular formula is C28H26N2O5S2. The van der Waals surface area contributed by atoms with E-state index in [9.17, 15) is 19.5 Å². The number of amides is 2. The van der Waals surface area contributed by atoms with Crippen LogP contribution in [0.5, 0.6) is 0 Å². The van der Waals surface area contributed by atoms with Gasteiger partial charge in [0.2, 0.25) is 5.91 Å².